The first-order valence-corrected chi connectivity index (χ1v) is 8.56. The summed E-state index contributed by atoms with van der Waals surface area (Å²) in [6.45, 7) is 6.02. The largest absolute Gasteiger partial charge is 0.487 e. The molecule has 0 fully saturated rings. The van der Waals surface area contributed by atoms with Gasteiger partial charge in [0, 0.05) is 10.9 Å². The van der Waals surface area contributed by atoms with Crippen LogP contribution in [0.15, 0.2) is 40.2 Å². The minimum Gasteiger partial charge on any atom is -0.487 e. The highest BCUT2D eigenvalue weighted by molar-refractivity contribution is 9.10. The van der Waals surface area contributed by atoms with E-state index in [4.69, 9.17) is 4.74 Å². The highest BCUT2D eigenvalue weighted by atomic mass is 79.9. The maximum atomic E-state index is 5.84. The fourth-order valence-electron chi connectivity index (χ4n) is 1.93. The van der Waals surface area contributed by atoms with Crippen molar-refractivity contribution >= 4 is 27.3 Å². The average molecular weight is 354 g/mol. The zero-order valence-electron chi connectivity index (χ0n) is 11.9. The number of benzene rings is 1. The van der Waals surface area contributed by atoms with E-state index >= 15 is 0 Å². The van der Waals surface area contributed by atoms with Gasteiger partial charge >= 0.3 is 0 Å². The van der Waals surface area contributed by atoms with Crippen molar-refractivity contribution in [2.45, 2.75) is 32.9 Å². The van der Waals surface area contributed by atoms with E-state index in [0.29, 0.717) is 12.6 Å². The number of ether oxygens (including phenoxy) is 1. The topological polar surface area (TPSA) is 21.3 Å². The van der Waals surface area contributed by atoms with Crippen LogP contribution in [-0.4, -0.2) is 6.54 Å². The first-order chi connectivity index (χ1) is 9.70. The minimum absolute atomic E-state index is 0.359. The summed E-state index contributed by atoms with van der Waals surface area (Å²) in [5.74, 6) is 0.893. The second-order valence-electron chi connectivity index (χ2n) is 4.73. The van der Waals surface area contributed by atoms with Gasteiger partial charge in [-0.15, -0.1) is 11.3 Å². The summed E-state index contributed by atoms with van der Waals surface area (Å²) in [6.07, 6.45) is 1.15. The Kier molecular flexibility index (Phi) is 6.07. The minimum atomic E-state index is 0.359. The Morgan fingerprint density at radius 1 is 1.35 bits per heavy atom. The molecule has 1 atom stereocenters. The second-order valence-corrected chi connectivity index (χ2v) is 6.62. The van der Waals surface area contributed by atoms with E-state index in [-0.39, 0.29) is 0 Å². The molecular weight excluding hydrogens is 334 g/mol. The van der Waals surface area contributed by atoms with Gasteiger partial charge in [-0.05, 0) is 65.0 Å². The average Bonchev–Trinajstić information content (AvgIpc) is 2.96. The summed E-state index contributed by atoms with van der Waals surface area (Å²) in [7, 11) is 0. The van der Waals surface area contributed by atoms with Gasteiger partial charge in [-0.1, -0.05) is 19.1 Å². The van der Waals surface area contributed by atoms with Gasteiger partial charge in [0.05, 0.1) is 4.47 Å². The molecule has 4 heteroatoms. The van der Waals surface area contributed by atoms with Gasteiger partial charge in [-0.2, -0.15) is 0 Å². The number of thiophene rings is 1. The highest BCUT2D eigenvalue weighted by Crippen LogP contribution is 2.29. The first-order valence-electron chi connectivity index (χ1n) is 6.88. The van der Waals surface area contributed by atoms with Crippen molar-refractivity contribution in [1.82, 2.24) is 5.32 Å². The number of hydrogen-bond acceptors (Lipinski definition) is 3. The molecule has 0 amide bonds. The lowest BCUT2D eigenvalue weighted by Gasteiger charge is -2.15. The Labute approximate surface area is 133 Å². The molecule has 2 rings (SSSR count). The summed E-state index contributed by atoms with van der Waals surface area (Å²) >= 11 is 5.31. The fraction of sp³-hybridized carbons (Fsp3) is 0.375. The van der Waals surface area contributed by atoms with Crippen LogP contribution < -0.4 is 10.1 Å². The SMILES string of the molecule is CCCNC(C)c1ccc(OCc2cccs2)c(Br)c1. The third kappa shape index (κ3) is 4.33. The lowest BCUT2D eigenvalue weighted by molar-refractivity contribution is 0.307. The molecule has 1 heterocycles. The van der Waals surface area contributed by atoms with E-state index in [1.165, 1.54) is 10.4 Å². The Morgan fingerprint density at radius 2 is 2.20 bits per heavy atom. The molecule has 0 saturated heterocycles. The summed E-state index contributed by atoms with van der Waals surface area (Å²) in [5.41, 5.74) is 1.27. The Morgan fingerprint density at radius 3 is 2.85 bits per heavy atom. The van der Waals surface area contributed by atoms with Gasteiger partial charge in [0.1, 0.15) is 12.4 Å². The molecule has 0 radical (unpaired) electrons. The molecule has 20 heavy (non-hydrogen) atoms. The van der Waals surface area contributed by atoms with Crippen LogP contribution in [0, 0.1) is 0 Å². The summed E-state index contributed by atoms with van der Waals surface area (Å²) in [4.78, 5) is 1.24. The third-order valence-corrected chi connectivity index (χ3v) is 4.58. The number of nitrogens with one attached hydrogen (secondary N) is 1. The van der Waals surface area contributed by atoms with Gasteiger partial charge in [-0.3, -0.25) is 0 Å². The predicted octanol–water partition coefficient (Wildman–Crippen LogP) is 5.15. The molecule has 0 aliphatic carbocycles. The van der Waals surface area contributed by atoms with Crippen LogP contribution in [0.3, 0.4) is 0 Å². The van der Waals surface area contributed by atoms with Gasteiger partial charge in [0.25, 0.3) is 0 Å². The smallest absolute Gasteiger partial charge is 0.134 e. The molecule has 1 unspecified atom stereocenters. The number of hydrogen-bond donors (Lipinski definition) is 1. The maximum absolute atomic E-state index is 5.84. The van der Waals surface area contributed by atoms with Crippen molar-refractivity contribution in [3.63, 3.8) is 0 Å². The van der Waals surface area contributed by atoms with E-state index in [2.05, 4.69) is 58.7 Å². The molecule has 0 aliphatic rings. The summed E-state index contributed by atoms with van der Waals surface area (Å²) in [6, 6.07) is 10.8. The van der Waals surface area contributed by atoms with Crippen LogP contribution in [0.1, 0.15) is 36.8 Å². The molecular formula is C16H20BrNOS. The molecule has 1 aromatic carbocycles. The van der Waals surface area contributed by atoms with Crippen molar-refractivity contribution < 1.29 is 4.74 Å². The molecule has 2 aromatic rings. The van der Waals surface area contributed by atoms with Gasteiger partial charge < -0.3 is 10.1 Å². The monoisotopic (exact) mass is 353 g/mol. The van der Waals surface area contributed by atoms with E-state index < -0.39 is 0 Å². The standard InChI is InChI=1S/C16H20BrNOS/c1-3-8-18-12(2)13-6-7-16(15(17)10-13)19-11-14-5-4-9-20-14/h4-7,9-10,12,18H,3,8,11H2,1-2H3. The highest BCUT2D eigenvalue weighted by Gasteiger charge is 2.08. The van der Waals surface area contributed by atoms with Crippen molar-refractivity contribution in [1.29, 1.82) is 0 Å². The fourth-order valence-corrected chi connectivity index (χ4v) is 3.05. The predicted molar refractivity (Wildman–Crippen MR) is 89.5 cm³/mol. The molecule has 1 N–H and O–H groups in total. The van der Waals surface area contributed by atoms with Crippen LogP contribution in [0.5, 0.6) is 5.75 Å². The van der Waals surface area contributed by atoms with Crippen molar-refractivity contribution in [3.05, 3.63) is 50.6 Å². The van der Waals surface area contributed by atoms with E-state index in [1.54, 1.807) is 11.3 Å². The number of halogens is 1. The quantitative estimate of drug-likeness (QED) is 0.742. The van der Waals surface area contributed by atoms with E-state index in [9.17, 15) is 0 Å². The molecule has 0 spiro atoms. The van der Waals surface area contributed by atoms with Crippen molar-refractivity contribution in [3.8, 4) is 5.75 Å². The van der Waals surface area contributed by atoms with E-state index in [0.717, 1.165) is 23.2 Å². The third-order valence-electron chi connectivity index (χ3n) is 3.11. The summed E-state index contributed by atoms with van der Waals surface area (Å²) < 4.78 is 6.85. The first kappa shape index (κ1) is 15.5. The van der Waals surface area contributed by atoms with Crippen LogP contribution in [0.2, 0.25) is 0 Å². The van der Waals surface area contributed by atoms with Crippen LogP contribution in [0.25, 0.3) is 0 Å². The van der Waals surface area contributed by atoms with Gasteiger partial charge in [-0.25, -0.2) is 0 Å². The molecule has 108 valence electrons. The van der Waals surface area contributed by atoms with Crippen LogP contribution in [-0.2, 0) is 6.61 Å². The van der Waals surface area contributed by atoms with E-state index in [1.807, 2.05) is 12.1 Å². The Balaban J connectivity index is 1.98. The number of rotatable bonds is 7. The second kappa shape index (κ2) is 7.81. The summed E-state index contributed by atoms with van der Waals surface area (Å²) in [5, 5.41) is 5.56. The normalized spacial score (nSPS) is 12.3. The maximum Gasteiger partial charge on any atom is 0.134 e. The van der Waals surface area contributed by atoms with Crippen LogP contribution >= 0.6 is 27.3 Å². The van der Waals surface area contributed by atoms with Crippen molar-refractivity contribution in [2.75, 3.05) is 6.54 Å². The zero-order chi connectivity index (χ0) is 14.4. The van der Waals surface area contributed by atoms with Crippen LogP contribution in [0.4, 0.5) is 0 Å². The zero-order valence-corrected chi connectivity index (χ0v) is 14.3. The van der Waals surface area contributed by atoms with Gasteiger partial charge in [0.15, 0.2) is 0 Å². The lowest BCUT2D eigenvalue weighted by Crippen LogP contribution is -2.19. The van der Waals surface area contributed by atoms with Crippen molar-refractivity contribution in [2.24, 2.45) is 0 Å². The molecule has 0 aliphatic heterocycles. The molecule has 2 nitrogen and oxygen atoms in total. The molecule has 0 saturated carbocycles. The Bertz CT molecular complexity index is 527. The Hall–Kier alpha value is -0.840. The lowest BCUT2D eigenvalue weighted by atomic mass is 10.1. The van der Waals surface area contributed by atoms with Gasteiger partial charge in [0.2, 0.25) is 0 Å². The molecule has 0 bridgehead atoms. The molecule has 1 aromatic heterocycles.